The highest BCUT2D eigenvalue weighted by molar-refractivity contribution is 9.10. The Hall–Kier alpha value is -2.38. The minimum Gasteiger partial charge on any atom is -0.447 e. The standard InChI is InChI=1S/C20H23BrN2O4/c1-20(2,14-7-9-15(21)10-8-14)18(24)22-16-5-4-6-17(13-16)23-19(25)27-12-11-26-3/h4-10,13H,11-12H2,1-3H3,(H,22,24)(H,23,25). The predicted molar refractivity (Wildman–Crippen MR) is 109 cm³/mol. The Morgan fingerprint density at radius 2 is 1.63 bits per heavy atom. The van der Waals surface area contributed by atoms with Crippen LogP contribution in [0.3, 0.4) is 0 Å². The van der Waals surface area contributed by atoms with Crippen LogP contribution in [-0.2, 0) is 19.7 Å². The van der Waals surface area contributed by atoms with Gasteiger partial charge in [-0.25, -0.2) is 4.79 Å². The molecule has 0 bridgehead atoms. The fourth-order valence-corrected chi connectivity index (χ4v) is 2.60. The Labute approximate surface area is 167 Å². The van der Waals surface area contributed by atoms with Gasteiger partial charge in [0.05, 0.1) is 12.0 Å². The van der Waals surface area contributed by atoms with Crippen LogP contribution in [0, 0.1) is 0 Å². The molecule has 2 rings (SSSR count). The van der Waals surface area contributed by atoms with Crippen molar-refractivity contribution in [1.82, 2.24) is 0 Å². The Morgan fingerprint density at radius 3 is 2.26 bits per heavy atom. The number of ether oxygens (including phenoxy) is 2. The number of carbonyl (C=O) groups excluding carboxylic acids is 2. The van der Waals surface area contributed by atoms with E-state index >= 15 is 0 Å². The van der Waals surface area contributed by atoms with Gasteiger partial charge < -0.3 is 14.8 Å². The van der Waals surface area contributed by atoms with Crippen molar-refractivity contribution >= 4 is 39.3 Å². The molecule has 0 unspecified atom stereocenters. The third-order valence-corrected chi connectivity index (χ3v) is 4.55. The third kappa shape index (κ3) is 6.08. The summed E-state index contributed by atoms with van der Waals surface area (Å²) in [6.07, 6.45) is -0.578. The van der Waals surface area contributed by atoms with Crippen molar-refractivity contribution in [1.29, 1.82) is 0 Å². The summed E-state index contributed by atoms with van der Waals surface area (Å²) in [6.45, 7) is 4.22. The number of hydrogen-bond acceptors (Lipinski definition) is 4. The van der Waals surface area contributed by atoms with Gasteiger partial charge in [0.15, 0.2) is 0 Å². The molecule has 0 saturated carbocycles. The van der Waals surface area contributed by atoms with Crippen LogP contribution in [0.15, 0.2) is 53.0 Å². The fraction of sp³-hybridized carbons (Fsp3) is 0.300. The quantitative estimate of drug-likeness (QED) is 0.626. The van der Waals surface area contributed by atoms with E-state index in [0.717, 1.165) is 10.0 Å². The number of amides is 2. The second-order valence-electron chi connectivity index (χ2n) is 6.42. The van der Waals surface area contributed by atoms with Crippen LogP contribution in [0.1, 0.15) is 19.4 Å². The molecule has 0 fully saturated rings. The molecule has 0 aliphatic rings. The van der Waals surface area contributed by atoms with Gasteiger partial charge >= 0.3 is 6.09 Å². The van der Waals surface area contributed by atoms with Gasteiger partial charge in [0, 0.05) is 23.0 Å². The highest BCUT2D eigenvalue weighted by Gasteiger charge is 2.29. The van der Waals surface area contributed by atoms with Crippen molar-refractivity contribution in [2.24, 2.45) is 0 Å². The van der Waals surface area contributed by atoms with Crippen LogP contribution in [0.25, 0.3) is 0 Å². The Bertz CT molecular complexity index is 791. The molecule has 144 valence electrons. The number of halogens is 1. The number of hydrogen-bond donors (Lipinski definition) is 2. The summed E-state index contributed by atoms with van der Waals surface area (Å²) in [4.78, 5) is 24.5. The van der Waals surface area contributed by atoms with E-state index in [1.54, 1.807) is 24.3 Å². The van der Waals surface area contributed by atoms with Gasteiger partial charge in [-0.15, -0.1) is 0 Å². The molecule has 2 aromatic carbocycles. The lowest BCUT2D eigenvalue weighted by Crippen LogP contribution is -2.34. The minimum absolute atomic E-state index is 0.148. The van der Waals surface area contributed by atoms with Gasteiger partial charge in [-0.2, -0.15) is 0 Å². The lowest BCUT2D eigenvalue weighted by molar-refractivity contribution is -0.120. The van der Waals surface area contributed by atoms with E-state index in [9.17, 15) is 9.59 Å². The first-order valence-corrected chi connectivity index (χ1v) is 9.22. The molecular weight excluding hydrogens is 412 g/mol. The van der Waals surface area contributed by atoms with E-state index in [0.29, 0.717) is 18.0 Å². The maximum Gasteiger partial charge on any atom is 0.411 e. The molecule has 0 atom stereocenters. The van der Waals surface area contributed by atoms with Gasteiger partial charge in [0.25, 0.3) is 0 Å². The Balaban J connectivity index is 2.03. The molecule has 2 aromatic rings. The average Bonchev–Trinajstić information content (AvgIpc) is 2.62. The minimum atomic E-state index is -0.719. The summed E-state index contributed by atoms with van der Waals surface area (Å²) in [5, 5.41) is 5.52. The maximum absolute atomic E-state index is 12.8. The number of carbonyl (C=O) groups is 2. The summed E-state index contributed by atoms with van der Waals surface area (Å²) < 4.78 is 10.7. The molecule has 0 radical (unpaired) electrons. The van der Waals surface area contributed by atoms with Crippen molar-refractivity contribution < 1.29 is 19.1 Å². The molecule has 2 N–H and O–H groups in total. The van der Waals surface area contributed by atoms with E-state index in [2.05, 4.69) is 26.6 Å². The Morgan fingerprint density at radius 1 is 1.00 bits per heavy atom. The summed E-state index contributed by atoms with van der Waals surface area (Å²) in [5.41, 5.74) is 1.29. The van der Waals surface area contributed by atoms with Gasteiger partial charge in [0.2, 0.25) is 5.91 Å². The molecule has 0 aliphatic carbocycles. The topological polar surface area (TPSA) is 76.7 Å². The second-order valence-corrected chi connectivity index (χ2v) is 7.34. The maximum atomic E-state index is 12.8. The third-order valence-electron chi connectivity index (χ3n) is 4.02. The summed E-state index contributed by atoms with van der Waals surface area (Å²) in [7, 11) is 1.53. The largest absolute Gasteiger partial charge is 0.447 e. The molecule has 0 aromatic heterocycles. The van der Waals surface area contributed by atoms with Gasteiger partial charge in [-0.05, 0) is 49.7 Å². The Kier molecular flexibility index (Phi) is 7.38. The smallest absolute Gasteiger partial charge is 0.411 e. The van der Waals surface area contributed by atoms with E-state index in [4.69, 9.17) is 9.47 Å². The second kappa shape index (κ2) is 9.53. The number of methoxy groups -OCH3 is 1. The molecule has 6 nitrogen and oxygen atoms in total. The SMILES string of the molecule is COCCOC(=O)Nc1cccc(NC(=O)C(C)(C)c2ccc(Br)cc2)c1. The molecule has 2 amide bonds. The predicted octanol–water partition coefficient (Wildman–Crippen LogP) is 4.56. The summed E-state index contributed by atoms with van der Waals surface area (Å²) in [5.74, 6) is -0.148. The average molecular weight is 435 g/mol. The molecule has 7 heteroatoms. The van der Waals surface area contributed by atoms with Gasteiger partial charge in [-0.3, -0.25) is 10.1 Å². The van der Waals surface area contributed by atoms with Crippen LogP contribution < -0.4 is 10.6 Å². The zero-order valence-corrected chi connectivity index (χ0v) is 17.1. The van der Waals surface area contributed by atoms with E-state index in [1.165, 1.54) is 7.11 Å². The van der Waals surface area contributed by atoms with Crippen molar-refractivity contribution in [3.8, 4) is 0 Å². The highest BCUT2D eigenvalue weighted by Crippen LogP contribution is 2.27. The van der Waals surface area contributed by atoms with E-state index in [1.807, 2.05) is 38.1 Å². The monoisotopic (exact) mass is 434 g/mol. The highest BCUT2D eigenvalue weighted by atomic mass is 79.9. The lowest BCUT2D eigenvalue weighted by atomic mass is 9.83. The van der Waals surface area contributed by atoms with Crippen LogP contribution in [0.4, 0.5) is 16.2 Å². The van der Waals surface area contributed by atoms with Crippen LogP contribution in [0.5, 0.6) is 0 Å². The number of anilines is 2. The van der Waals surface area contributed by atoms with Crippen molar-refractivity contribution in [2.45, 2.75) is 19.3 Å². The fourth-order valence-electron chi connectivity index (χ4n) is 2.33. The molecule has 0 aliphatic heterocycles. The van der Waals surface area contributed by atoms with Gasteiger partial charge in [-0.1, -0.05) is 34.1 Å². The summed E-state index contributed by atoms with van der Waals surface area (Å²) >= 11 is 3.40. The lowest BCUT2D eigenvalue weighted by Gasteiger charge is -2.24. The molecule has 27 heavy (non-hydrogen) atoms. The van der Waals surface area contributed by atoms with Crippen LogP contribution >= 0.6 is 15.9 Å². The van der Waals surface area contributed by atoms with E-state index < -0.39 is 11.5 Å². The van der Waals surface area contributed by atoms with Crippen LogP contribution in [-0.4, -0.2) is 32.3 Å². The zero-order valence-electron chi connectivity index (χ0n) is 15.5. The number of benzene rings is 2. The normalized spacial score (nSPS) is 11.0. The van der Waals surface area contributed by atoms with Gasteiger partial charge in [0.1, 0.15) is 6.61 Å². The first-order chi connectivity index (χ1) is 12.8. The summed E-state index contributed by atoms with van der Waals surface area (Å²) in [6, 6.07) is 14.5. The zero-order chi connectivity index (χ0) is 19.9. The first-order valence-electron chi connectivity index (χ1n) is 8.43. The molecular formula is C20H23BrN2O4. The van der Waals surface area contributed by atoms with E-state index in [-0.39, 0.29) is 12.5 Å². The van der Waals surface area contributed by atoms with Crippen molar-refractivity contribution in [3.05, 3.63) is 58.6 Å². The van der Waals surface area contributed by atoms with Crippen molar-refractivity contribution in [3.63, 3.8) is 0 Å². The molecule has 0 heterocycles. The molecule has 0 spiro atoms. The van der Waals surface area contributed by atoms with Crippen molar-refractivity contribution in [2.75, 3.05) is 31.0 Å². The number of rotatable bonds is 7. The number of nitrogens with one attached hydrogen (secondary N) is 2. The molecule has 0 saturated heterocycles. The first kappa shape index (κ1) is 20.9. The van der Waals surface area contributed by atoms with Crippen LogP contribution in [0.2, 0.25) is 0 Å².